The van der Waals surface area contributed by atoms with Gasteiger partial charge in [-0.2, -0.15) is 0 Å². The third-order valence-corrected chi connectivity index (χ3v) is 12.5. The molecule has 0 amide bonds. The molecule has 2 aliphatic rings. The maximum atomic E-state index is 12.2. The van der Waals surface area contributed by atoms with Crippen LogP contribution in [0.4, 0.5) is 26.3 Å². The lowest BCUT2D eigenvalue weighted by Gasteiger charge is -2.29. The summed E-state index contributed by atoms with van der Waals surface area (Å²) in [5, 5.41) is 0. The maximum Gasteiger partial charge on any atom is 0.573 e. The van der Waals surface area contributed by atoms with E-state index in [0.29, 0.717) is 11.8 Å². The van der Waals surface area contributed by atoms with Crippen molar-refractivity contribution < 1.29 is 35.8 Å². The van der Waals surface area contributed by atoms with Crippen LogP contribution in [0, 0.1) is 11.8 Å². The van der Waals surface area contributed by atoms with Gasteiger partial charge in [-0.3, -0.25) is 0 Å². The Hall–Kier alpha value is -3.94. The van der Waals surface area contributed by atoms with Crippen LogP contribution in [0.3, 0.4) is 0 Å². The van der Waals surface area contributed by atoms with Crippen LogP contribution in [0.1, 0.15) is 155 Å². The van der Waals surface area contributed by atoms with Gasteiger partial charge in [-0.1, -0.05) is 132 Å². The van der Waals surface area contributed by atoms with Gasteiger partial charge in [0.2, 0.25) is 0 Å². The molecule has 0 spiro atoms. The Morgan fingerprint density at radius 2 is 0.712 bits per heavy atom. The normalized spacial score (nSPS) is 19.7. The van der Waals surface area contributed by atoms with Crippen molar-refractivity contribution in [3.8, 4) is 11.5 Å². The van der Waals surface area contributed by atoms with Crippen molar-refractivity contribution in [2.45, 2.75) is 160 Å². The summed E-state index contributed by atoms with van der Waals surface area (Å²) >= 11 is 0. The number of unbranched alkanes of at least 4 members (excludes halogenated alkanes) is 3. The number of halogens is 6. The molecule has 0 radical (unpaired) electrons. The first kappa shape index (κ1) is 46.1. The molecule has 4 aromatic rings. The fourth-order valence-corrected chi connectivity index (χ4v) is 8.95. The molecule has 322 valence electrons. The number of benzene rings is 4. The van der Waals surface area contributed by atoms with Crippen LogP contribution in [0.25, 0.3) is 0 Å². The van der Waals surface area contributed by atoms with E-state index in [-0.39, 0.29) is 11.5 Å². The summed E-state index contributed by atoms with van der Waals surface area (Å²) < 4.78 is 81.2. The van der Waals surface area contributed by atoms with Crippen LogP contribution in [0.15, 0.2) is 97.1 Å². The molecule has 0 aliphatic heterocycles. The summed E-state index contributed by atoms with van der Waals surface area (Å²) in [6.45, 7) is 4.54. The molecular weight excluding hydrogens is 759 g/mol. The topological polar surface area (TPSA) is 18.5 Å². The SMILES string of the molecule is CCCCC[C@H]1CC[C@H](c2ccc(CCc3ccc(OC(F)(F)F)cc3)cc2)CC1.CCCC[C@H]1CC[C@H](c2ccc(CCc3ccc(OC(F)(F)F)cc3)cc2)CC1. The van der Waals surface area contributed by atoms with Gasteiger partial charge in [0.25, 0.3) is 0 Å². The maximum absolute atomic E-state index is 12.2. The van der Waals surface area contributed by atoms with Crippen molar-refractivity contribution >= 4 is 0 Å². The molecule has 2 fully saturated rings. The highest BCUT2D eigenvalue weighted by Crippen LogP contribution is 2.39. The fraction of sp³-hybridized carbons (Fsp3) is 0.529. The molecule has 8 heteroatoms. The third-order valence-electron chi connectivity index (χ3n) is 12.5. The average Bonchev–Trinajstić information content (AvgIpc) is 3.22. The van der Waals surface area contributed by atoms with Crippen LogP contribution in [0.2, 0.25) is 0 Å². The molecule has 0 bridgehead atoms. The van der Waals surface area contributed by atoms with E-state index in [1.165, 1.54) is 143 Å². The minimum atomic E-state index is -4.64. The molecule has 4 aromatic carbocycles. The van der Waals surface area contributed by atoms with Gasteiger partial charge >= 0.3 is 12.7 Å². The lowest BCUT2D eigenvalue weighted by molar-refractivity contribution is -0.275. The second kappa shape index (κ2) is 23.2. The van der Waals surface area contributed by atoms with Gasteiger partial charge in [0.15, 0.2) is 0 Å². The van der Waals surface area contributed by atoms with Crippen molar-refractivity contribution in [2.75, 3.05) is 0 Å². The fourth-order valence-electron chi connectivity index (χ4n) is 8.95. The van der Waals surface area contributed by atoms with Crippen molar-refractivity contribution in [1.82, 2.24) is 0 Å². The van der Waals surface area contributed by atoms with Gasteiger partial charge in [0.1, 0.15) is 11.5 Å². The zero-order valence-corrected chi connectivity index (χ0v) is 35.1. The first-order chi connectivity index (χ1) is 28.4. The van der Waals surface area contributed by atoms with Crippen LogP contribution in [-0.4, -0.2) is 12.7 Å². The van der Waals surface area contributed by atoms with Gasteiger partial charge in [0.05, 0.1) is 0 Å². The summed E-state index contributed by atoms with van der Waals surface area (Å²) in [7, 11) is 0. The molecule has 6 rings (SSSR count). The highest BCUT2D eigenvalue weighted by molar-refractivity contribution is 5.31. The third kappa shape index (κ3) is 16.9. The van der Waals surface area contributed by atoms with E-state index >= 15 is 0 Å². The van der Waals surface area contributed by atoms with Gasteiger partial charge in [-0.25, -0.2) is 0 Å². The van der Waals surface area contributed by atoms with Crippen LogP contribution >= 0.6 is 0 Å². The Labute approximate surface area is 349 Å². The zero-order valence-electron chi connectivity index (χ0n) is 35.1. The van der Waals surface area contributed by atoms with Crippen LogP contribution < -0.4 is 9.47 Å². The highest BCUT2D eigenvalue weighted by atomic mass is 19.4. The van der Waals surface area contributed by atoms with E-state index in [2.05, 4.69) is 71.9 Å². The number of aryl methyl sites for hydroxylation is 4. The van der Waals surface area contributed by atoms with Crippen molar-refractivity contribution in [1.29, 1.82) is 0 Å². The Morgan fingerprint density at radius 3 is 1.02 bits per heavy atom. The molecule has 2 aliphatic carbocycles. The summed E-state index contributed by atoms with van der Waals surface area (Å²) in [5.74, 6) is 2.91. The Morgan fingerprint density at radius 1 is 0.407 bits per heavy atom. The summed E-state index contributed by atoms with van der Waals surface area (Å²) in [6, 6.07) is 30.3. The quantitative estimate of drug-likeness (QED) is 0.0780. The molecule has 59 heavy (non-hydrogen) atoms. The van der Waals surface area contributed by atoms with Gasteiger partial charge in [-0.15, -0.1) is 26.3 Å². The number of rotatable bonds is 17. The van der Waals surface area contributed by atoms with Gasteiger partial charge in [-0.05, 0) is 158 Å². The number of ether oxygens (including phenoxy) is 2. The van der Waals surface area contributed by atoms with Crippen LogP contribution in [0.5, 0.6) is 11.5 Å². The molecular formula is C51H64F6O2. The predicted octanol–water partition coefficient (Wildman–Crippen LogP) is 16.1. The number of hydrogen-bond acceptors (Lipinski definition) is 2. The number of hydrogen-bond donors (Lipinski definition) is 0. The summed E-state index contributed by atoms with van der Waals surface area (Å²) in [4.78, 5) is 0. The minimum absolute atomic E-state index is 0.171. The van der Waals surface area contributed by atoms with Crippen molar-refractivity contribution in [2.24, 2.45) is 11.8 Å². The van der Waals surface area contributed by atoms with Crippen molar-refractivity contribution in [3.63, 3.8) is 0 Å². The van der Waals surface area contributed by atoms with Crippen molar-refractivity contribution in [3.05, 3.63) is 130 Å². The lowest BCUT2D eigenvalue weighted by Crippen LogP contribution is -2.17. The van der Waals surface area contributed by atoms with E-state index in [1.54, 1.807) is 24.3 Å². The monoisotopic (exact) mass is 822 g/mol. The van der Waals surface area contributed by atoms with E-state index in [4.69, 9.17) is 0 Å². The molecule has 0 aromatic heterocycles. The van der Waals surface area contributed by atoms with Crippen LogP contribution in [-0.2, 0) is 25.7 Å². The molecule has 0 unspecified atom stereocenters. The first-order valence-corrected chi connectivity index (χ1v) is 22.2. The molecule has 0 saturated heterocycles. The molecule has 0 heterocycles. The molecule has 0 N–H and O–H groups in total. The first-order valence-electron chi connectivity index (χ1n) is 22.2. The highest BCUT2D eigenvalue weighted by Gasteiger charge is 2.32. The molecule has 0 atom stereocenters. The second-order valence-corrected chi connectivity index (χ2v) is 16.9. The van der Waals surface area contributed by atoms with E-state index < -0.39 is 12.7 Å². The average molecular weight is 823 g/mol. The van der Waals surface area contributed by atoms with Gasteiger partial charge < -0.3 is 9.47 Å². The predicted molar refractivity (Wildman–Crippen MR) is 227 cm³/mol. The lowest BCUT2D eigenvalue weighted by atomic mass is 9.77. The zero-order chi connectivity index (χ0) is 42.1. The molecule has 2 saturated carbocycles. The Balaban J connectivity index is 0.000000224. The van der Waals surface area contributed by atoms with E-state index in [9.17, 15) is 26.3 Å². The minimum Gasteiger partial charge on any atom is -0.406 e. The van der Waals surface area contributed by atoms with E-state index in [1.807, 2.05) is 0 Å². The second-order valence-electron chi connectivity index (χ2n) is 16.9. The standard InChI is InChI=1S/C26H33F3O.C25H31F3O/c1-2-3-4-5-20-8-14-23(15-9-20)24-16-10-21(11-17-24)6-7-22-12-18-25(19-13-22)30-26(27,28)29;1-2-3-4-19-7-13-22(14-8-19)23-15-9-20(10-16-23)5-6-21-11-17-24(18-12-21)29-25(26,27)28/h10-13,16-20,23H,2-9,14-15H2,1H3;9-12,15-19,22H,2-8,13-14H2,1H3/t20-,23-;19-,22-. The Kier molecular flexibility index (Phi) is 18.1. The Bertz CT molecular complexity index is 1730. The number of alkyl halides is 6. The summed E-state index contributed by atoms with van der Waals surface area (Å²) in [5.41, 5.74) is 7.46. The van der Waals surface area contributed by atoms with E-state index in [0.717, 1.165) is 48.6 Å². The smallest absolute Gasteiger partial charge is 0.406 e. The largest absolute Gasteiger partial charge is 0.573 e. The van der Waals surface area contributed by atoms with Gasteiger partial charge in [0, 0.05) is 0 Å². The summed E-state index contributed by atoms with van der Waals surface area (Å²) in [6.07, 6.45) is 14.3. The molecule has 2 nitrogen and oxygen atoms in total.